The van der Waals surface area contributed by atoms with Crippen molar-refractivity contribution in [3.63, 3.8) is 0 Å². The third kappa shape index (κ3) is 2.17. The van der Waals surface area contributed by atoms with Gasteiger partial charge in [-0.25, -0.2) is 0 Å². The zero-order valence-corrected chi connectivity index (χ0v) is 11.9. The molecule has 0 bridgehead atoms. The summed E-state index contributed by atoms with van der Waals surface area (Å²) in [5, 5.41) is 3.48. The molecule has 0 unspecified atom stereocenters. The number of ether oxygens (including phenoxy) is 2. The maximum Gasteiger partial charge on any atom is 0.231 e. The number of hydrogen-bond acceptors (Lipinski definition) is 4. The van der Waals surface area contributed by atoms with Gasteiger partial charge in [-0.05, 0) is 18.8 Å². The minimum atomic E-state index is 0.348. The molecule has 1 aromatic rings. The average Bonchev–Trinajstić information content (AvgIpc) is 2.94. The summed E-state index contributed by atoms with van der Waals surface area (Å²) in [5.74, 6) is 2.62. The van der Waals surface area contributed by atoms with Gasteiger partial charge in [0.2, 0.25) is 6.79 Å². The lowest BCUT2D eigenvalue weighted by Gasteiger charge is -2.36. The van der Waals surface area contributed by atoms with E-state index in [9.17, 15) is 0 Å². The second kappa shape index (κ2) is 5.08. The van der Waals surface area contributed by atoms with E-state index in [0.717, 1.165) is 30.5 Å². The Morgan fingerprint density at radius 2 is 1.90 bits per heavy atom. The fraction of sp³-hybridized carbons (Fsp3) is 0.625. The van der Waals surface area contributed by atoms with Gasteiger partial charge in [0.15, 0.2) is 11.5 Å². The van der Waals surface area contributed by atoms with Crippen molar-refractivity contribution in [2.75, 3.05) is 36.6 Å². The Bertz CT molecular complexity index is 497. The molecule has 3 aliphatic rings. The van der Waals surface area contributed by atoms with Gasteiger partial charge in [0, 0.05) is 31.8 Å². The van der Waals surface area contributed by atoms with E-state index >= 15 is 0 Å². The normalized spacial score (nSPS) is 21.5. The first-order valence-electron chi connectivity index (χ1n) is 7.82. The number of rotatable bonds is 2. The highest BCUT2D eigenvalue weighted by atomic mass is 16.7. The van der Waals surface area contributed by atoms with Crippen LogP contribution in [0.1, 0.15) is 32.1 Å². The van der Waals surface area contributed by atoms with Gasteiger partial charge in [-0.2, -0.15) is 0 Å². The summed E-state index contributed by atoms with van der Waals surface area (Å²) in [4.78, 5) is 2.53. The highest BCUT2D eigenvalue weighted by molar-refractivity contribution is 5.77. The van der Waals surface area contributed by atoms with Crippen LogP contribution in [0.4, 0.5) is 11.4 Å². The van der Waals surface area contributed by atoms with Crippen LogP contribution in [0.25, 0.3) is 0 Å². The molecule has 1 aromatic carbocycles. The van der Waals surface area contributed by atoms with Crippen molar-refractivity contribution < 1.29 is 9.47 Å². The predicted octanol–water partition coefficient (Wildman–Crippen LogP) is 3.23. The van der Waals surface area contributed by atoms with Crippen molar-refractivity contribution in [1.29, 1.82) is 0 Å². The maximum absolute atomic E-state index is 5.53. The molecule has 0 spiro atoms. The molecular weight excluding hydrogens is 252 g/mol. The minimum Gasteiger partial charge on any atom is -0.454 e. The summed E-state index contributed by atoms with van der Waals surface area (Å²) in [5.41, 5.74) is 2.47. The summed E-state index contributed by atoms with van der Waals surface area (Å²) in [6, 6.07) is 4.23. The van der Waals surface area contributed by atoms with E-state index in [4.69, 9.17) is 9.47 Å². The molecule has 1 N–H and O–H groups in total. The zero-order chi connectivity index (χ0) is 13.4. The maximum atomic E-state index is 5.53. The smallest absolute Gasteiger partial charge is 0.231 e. The van der Waals surface area contributed by atoms with Crippen LogP contribution in [0.3, 0.4) is 0 Å². The molecule has 4 rings (SSSR count). The molecule has 2 heterocycles. The SMILES string of the molecule is c1c2c(cc3c1OCO3)N(CC1CCCCC1)CCN2. The number of nitrogens with one attached hydrogen (secondary N) is 1. The fourth-order valence-corrected chi connectivity index (χ4v) is 3.65. The number of benzene rings is 1. The van der Waals surface area contributed by atoms with Crippen molar-refractivity contribution in [3.05, 3.63) is 12.1 Å². The van der Waals surface area contributed by atoms with Gasteiger partial charge in [-0.3, -0.25) is 0 Å². The Labute approximate surface area is 120 Å². The van der Waals surface area contributed by atoms with Crippen LogP contribution in [-0.4, -0.2) is 26.4 Å². The molecule has 1 fully saturated rings. The molecule has 0 aromatic heterocycles. The number of nitrogens with zero attached hydrogens (tertiary/aromatic N) is 1. The lowest BCUT2D eigenvalue weighted by atomic mass is 9.88. The van der Waals surface area contributed by atoms with Crippen LogP contribution in [0.2, 0.25) is 0 Å². The van der Waals surface area contributed by atoms with Crippen LogP contribution in [0, 0.1) is 5.92 Å². The minimum absolute atomic E-state index is 0.348. The van der Waals surface area contributed by atoms with Crippen LogP contribution >= 0.6 is 0 Å². The summed E-state index contributed by atoms with van der Waals surface area (Å²) in [6.45, 7) is 3.64. The Morgan fingerprint density at radius 3 is 2.75 bits per heavy atom. The summed E-state index contributed by atoms with van der Waals surface area (Å²) in [7, 11) is 0. The van der Waals surface area contributed by atoms with Crippen molar-refractivity contribution in [1.82, 2.24) is 0 Å². The molecule has 1 saturated carbocycles. The van der Waals surface area contributed by atoms with E-state index in [2.05, 4.69) is 22.3 Å². The Balaban J connectivity index is 1.57. The summed E-state index contributed by atoms with van der Waals surface area (Å²) < 4.78 is 11.0. The first-order chi connectivity index (χ1) is 9.90. The number of anilines is 2. The fourth-order valence-electron chi connectivity index (χ4n) is 3.65. The number of fused-ring (bicyclic) bond motifs is 2. The molecule has 0 saturated heterocycles. The van der Waals surface area contributed by atoms with Crippen molar-refractivity contribution in [2.24, 2.45) is 5.92 Å². The molecule has 2 aliphatic heterocycles. The van der Waals surface area contributed by atoms with Crippen molar-refractivity contribution in [2.45, 2.75) is 32.1 Å². The summed E-state index contributed by atoms with van der Waals surface area (Å²) >= 11 is 0. The Hall–Kier alpha value is -1.58. The third-order valence-corrected chi connectivity index (χ3v) is 4.73. The lowest BCUT2D eigenvalue weighted by Crippen LogP contribution is -2.37. The first-order valence-corrected chi connectivity index (χ1v) is 7.82. The van der Waals surface area contributed by atoms with Crippen LogP contribution in [0.15, 0.2) is 12.1 Å². The van der Waals surface area contributed by atoms with Crippen molar-refractivity contribution in [3.8, 4) is 11.5 Å². The molecule has 20 heavy (non-hydrogen) atoms. The number of hydrogen-bond donors (Lipinski definition) is 1. The molecule has 0 radical (unpaired) electrons. The largest absolute Gasteiger partial charge is 0.454 e. The van der Waals surface area contributed by atoms with Gasteiger partial charge in [-0.15, -0.1) is 0 Å². The second-order valence-corrected chi connectivity index (χ2v) is 6.10. The first kappa shape index (κ1) is 12.2. The lowest BCUT2D eigenvalue weighted by molar-refractivity contribution is 0.174. The van der Waals surface area contributed by atoms with Gasteiger partial charge < -0.3 is 19.7 Å². The Kier molecular flexibility index (Phi) is 3.09. The van der Waals surface area contributed by atoms with E-state index in [1.807, 2.05) is 0 Å². The second-order valence-electron chi connectivity index (χ2n) is 6.10. The molecule has 108 valence electrons. The van der Waals surface area contributed by atoms with Gasteiger partial charge in [0.25, 0.3) is 0 Å². The summed E-state index contributed by atoms with van der Waals surface area (Å²) in [6.07, 6.45) is 7.02. The van der Waals surface area contributed by atoms with Gasteiger partial charge >= 0.3 is 0 Å². The van der Waals surface area contributed by atoms with Crippen molar-refractivity contribution >= 4 is 11.4 Å². The van der Waals surface area contributed by atoms with E-state index in [-0.39, 0.29) is 0 Å². The quantitative estimate of drug-likeness (QED) is 0.897. The molecule has 1 aliphatic carbocycles. The predicted molar refractivity (Wildman–Crippen MR) is 79.8 cm³/mol. The molecule has 0 amide bonds. The standard InChI is InChI=1S/C16H22N2O2/c1-2-4-12(5-3-1)10-18-7-6-17-13-8-15-16(9-14(13)18)20-11-19-15/h8-9,12,17H,1-7,10-11H2. The third-order valence-electron chi connectivity index (χ3n) is 4.73. The van der Waals surface area contributed by atoms with E-state index in [1.54, 1.807) is 0 Å². The molecule has 0 atom stereocenters. The monoisotopic (exact) mass is 274 g/mol. The van der Waals surface area contributed by atoms with E-state index in [0.29, 0.717) is 6.79 Å². The van der Waals surface area contributed by atoms with Crippen LogP contribution in [-0.2, 0) is 0 Å². The van der Waals surface area contributed by atoms with Crippen LogP contribution in [0.5, 0.6) is 11.5 Å². The van der Waals surface area contributed by atoms with E-state index in [1.165, 1.54) is 50.0 Å². The molecule has 4 heteroatoms. The van der Waals surface area contributed by atoms with Crippen LogP contribution < -0.4 is 19.7 Å². The molecule has 4 nitrogen and oxygen atoms in total. The Morgan fingerprint density at radius 1 is 1.10 bits per heavy atom. The molecular formula is C16H22N2O2. The zero-order valence-electron chi connectivity index (χ0n) is 11.9. The van der Waals surface area contributed by atoms with E-state index < -0.39 is 0 Å². The van der Waals surface area contributed by atoms with Gasteiger partial charge in [0.05, 0.1) is 11.4 Å². The van der Waals surface area contributed by atoms with Gasteiger partial charge in [-0.1, -0.05) is 19.3 Å². The topological polar surface area (TPSA) is 33.7 Å². The highest BCUT2D eigenvalue weighted by Gasteiger charge is 2.25. The average molecular weight is 274 g/mol. The highest BCUT2D eigenvalue weighted by Crippen LogP contribution is 2.42. The van der Waals surface area contributed by atoms with Gasteiger partial charge in [0.1, 0.15) is 0 Å².